The largest absolute Gasteiger partial charge is 0.423 e. The van der Waals surface area contributed by atoms with Gasteiger partial charge < -0.3 is 10.1 Å². The fraction of sp³-hybridized carbons (Fsp3) is 0.0476. The summed E-state index contributed by atoms with van der Waals surface area (Å²) in [6.45, 7) is 1.95. The van der Waals surface area contributed by atoms with E-state index in [4.69, 9.17) is 16.3 Å². The van der Waals surface area contributed by atoms with Crippen LogP contribution in [0.3, 0.4) is 0 Å². The zero-order valence-corrected chi connectivity index (χ0v) is 14.8. The van der Waals surface area contributed by atoms with Gasteiger partial charge in [0.2, 0.25) is 0 Å². The van der Waals surface area contributed by atoms with E-state index in [-0.39, 0.29) is 5.91 Å². The highest BCUT2D eigenvalue weighted by Gasteiger charge is 2.11. The summed E-state index contributed by atoms with van der Waals surface area (Å²) >= 11 is 6.02. The summed E-state index contributed by atoms with van der Waals surface area (Å²) in [7, 11) is 0. The first-order valence-electron chi connectivity index (χ1n) is 7.98. The van der Waals surface area contributed by atoms with Gasteiger partial charge in [0, 0.05) is 5.69 Å². The second-order valence-corrected chi connectivity index (χ2v) is 6.12. The van der Waals surface area contributed by atoms with Gasteiger partial charge >= 0.3 is 5.97 Å². The molecular weight excluding hydrogens is 350 g/mol. The van der Waals surface area contributed by atoms with Crippen molar-refractivity contribution in [3.05, 3.63) is 94.5 Å². The third-order valence-corrected chi connectivity index (χ3v) is 4.06. The first-order chi connectivity index (χ1) is 12.5. The molecule has 5 heteroatoms. The molecule has 130 valence electrons. The molecular formula is C21H16ClNO3. The van der Waals surface area contributed by atoms with E-state index in [1.54, 1.807) is 60.7 Å². The van der Waals surface area contributed by atoms with Crippen molar-refractivity contribution in [1.29, 1.82) is 0 Å². The number of esters is 1. The minimum atomic E-state index is -0.433. The second-order valence-electron chi connectivity index (χ2n) is 5.71. The maximum atomic E-state index is 12.2. The van der Waals surface area contributed by atoms with Crippen molar-refractivity contribution in [3.63, 3.8) is 0 Å². The maximum absolute atomic E-state index is 12.2. The number of hydrogen-bond donors (Lipinski definition) is 1. The van der Waals surface area contributed by atoms with Gasteiger partial charge in [-0.25, -0.2) is 4.79 Å². The lowest BCUT2D eigenvalue weighted by Gasteiger charge is -2.08. The highest BCUT2D eigenvalue weighted by atomic mass is 35.5. The van der Waals surface area contributed by atoms with Gasteiger partial charge in [0.1, 0.15) is 5.75 Å². The van der Waals surface area contributed by atoms with Gasteiger partial charge in [0.15, 0.2) is 0 Å². The Kier molecular flexibility index (Phi) is 5.34. The Bertz CT molecular complexity index is 934. The summed E-state index contributed by atoms with van der Waals surface area (Å²) in [6, 6.07) is 20.5. The summed E-state index contributed by atoms with van der Waals surface area (Å²) in [4.78, 5) is 24.3. The van der Waals surface area contributed by atoms with Crippen LogP contribution in [-0.4, -0.2) is 11.9 Å². The molecule has 0 aliphatic carbocycles. The van der Waals surface area contributed by atoms with Gasteiger partial charge in [0.05, 0.1) is 16.1 Å². The fourth-order valence-corrected chi connectivity index (χ4v) is 2.53. The number of halogens is 1. The number of benzene rings is 3. The van der Waals surface area contributed by atoms with E-state index in [9.17, 15) is 9.59 Å². The van der Waals surface area contributed by atoms with Gasteiger partial charge in [-0.05, 0) is 55.5 Å². The van der Waals surface area contributed by atoms with Gasteiger partial charge in [0.25, 0.3) is 5.91 Å². The maximum Gasteiger partial charge on any atom is 0.343 e. The van der Waals surface area contributed by atoms with Crippen molar-refractivity contribution in [2.45, 2.75) is 6.92 Å². The molecule has 0 fully saturated rings. The monoisotopic (exact) mass is 365 g/mol. The van der Waals surface area contributed by atoms with Gasteiger partial charge in [-0.3, -0.25) is 4.79 Å². The average molecular weight is 366 g/mol. The number of nitrogens with one attached hydrogen (secondary N) is 1. The lowest BCUT2D eigenvalue weighted by molar-refractivity contribution is 0.0734. The molecule has 4 nitrogen and oxygen atoms in total. The number of hydrogen-bond acceptors (Lipinski definition) is 3. The summed E-state index contributed by atoms with van der Waals surface area (Å²) in [5.74, 6) is -0.343. The fourth-order valence-electron chi connectivity index (χ4n) is 2.31. The van der Waals surface area contributed by atoms with Crippen molar-refractivity contribution in [2.24, 2.45) is 0 Å². The minimum absolute atomic E-state index is 0.306. The van der Waals surface area contributed by atoms with Gasteiger partial charge in [-0.15, -0.1) is 0 Å². The number of amides is 1. The molecule has 26 heavy (non-hydrogen) atoms. The number of aryl methyl sites for hydroxylation is 1. The Morgan fingerprint density at radius 3 is 2.19 bits per heavy atom. The lowest BCUT2D eigenvalue weighted by atomic mass is 10.1. The first-order valence-corrected chi connectivity index (χ1v) is 8.35. The van der Waals surface area contributed by atoms with Gasteiger partial charge in [-0.1, -0.05) is 41.4 Å². The quantitative estimate of drug-likeness (QED) is 0.515. The smallest absolute Gasteiger partial charge is 0.343 e. The molecule has 3 aromatic rings. The summed E-state index contributed by atoms with van der Waals surface area (Å²) in [5.41, 5.74) is 2.51. The zero-order valence-electron chi connectivity index (χ0n) is 14.0. The molecule has 0 aromatic heterocycles. The molecule has 0 unspecified atom stereocenters. The van der Waals surface area contributed by atoms with Crippen LogP contribution >= 0.6 is 11.6 Å². The van der Waals surface area contributed by atoms with Crippen LogP contribution < -0.4 is 10.1 Å². The SMILES string of the molecule is Cc1ccc(C(=O)Oc2ccc(NC(=O)c3ccccc3Cl)cc2)cc1. The predicted octanol–water partition coefficient (Wildman–Crippen LogP) is 5.12. The van der Waals surface area contributed by atoms with Crippen molar-refractivity contribution < 1.29 is 14.3 Å². The van der Waals surface area contributed by atoms with Crippen molar-refractivity contribution >= 4 is 29.2 Å². The lowest BCUT2D eigenvalue weighted by Crippen LogP contribution is -2.12. The molecule has 0 aliphatic heterocycles. The van der Waals surface area contributed by atoms with E-state index < -0.39 is 5.97 Å². The molecule has 0 bridgehead atoms. The van der Waals surface area contributed by atoms with Crippen LogP contribution in [0.2, 0.25) is 5.02 Å². The predicted molar refractivity (Wildman–Crippen MR) is 102 cm³/mol. The van der Waals surface area contributed by atoms with E-state index in [0.29, 0.717) is 27.6 Å². The third kappa shape index (κ3) is 4.29. The molecule has 0 aliphatic rings. The minimum Gasteiger partial charge on any atom is -0.423 e. The van der Waals surface area contributed by atoms with E-state index in [1.807, 2.05) is 19.1 Å². The number of ether oxygens (including phenoxy) is 1. The van der Waals surface area contributed by atoms with E-state index in [1.165, 1.54) is 0 Å². The Hall–Kier alpha value is -3.11. The van der Waals surface area contributed by atoms with Gasteiger partial charge in [-0.2, -0.15) is 0 Å². The highest BCUT2D eigenvalue weighted by Crippen LogP contribution is 2.20. The third-order valence-electron chi connectivity index (χ3n) is 3.73. The molecule has 3 aromatic carbocycles. The van der Waals surface area contributed by atoms with Crippen molar-refractivity contribution in [3.8, 4) is 5.75 Å². The number of carbonyl (C=O) groups is 2. The molecule has 0 saturated heterocycles. The number of anilines is 1. The molecule has 3 rings (SSSR count). The number of carbonyl (C=O) groups excluding carboxylic acids is 2. The van der Waals surface area contributed by atoms with Crippen LogP contribution in [0, 0.1) is 6.92 Å². The topological polar surface area (TPSA) is 55.4 Å². The van der Waals surface area contributed by atoms with Crippen LogP contribution in [-0.2, 0) is 0 Å². The molecule has 1 amide bonds. The van der Waals surface area contributed by atoms with Crippen LogP contribution in [0.4, 0.5) is 5.69 Å². The highest BCUT2D eigenvalue weighted by molar-refractivity contribution is 6.34. The van der Waals surface area contributed by atoms with Crippen molar-refractivity contribution in [2.75, 3.05) is 5.32 Å². The second kappa shape index (κ2) is 7.85. The average Bonchev–Trinajstić information content (AvgIpc) is 2.64. The van der Waals surface area contributed by atoms with E-state index in [0.717, 1.165) is 5.56 Å². The molecule has 0 atom stereocenters. The summed E-state index contributed by atoms with van der Waals surface area (Å²) < 4.78 is 5.33. The Morgan fingerprint density at radius 2 is 1.54 bits per heavy atom. The van der Waals surface area contributed by atoms with E-state index >= 15 is 0 Å². The van der Waals surface area contributed by atoms with Crippen LogP contribution in [0.5, 0.6) is 5.75 Å². The molecule has 0 heterocycles. The first kappa shape index (κ1) is 17.7. The Labute approximate surface area is 156 Å². The summed E-state index contributed by atoms with van der Waals surface area (Å²) in [6.07, 6.45) is 0. The normalized spacial score (nSPS) is 10.2. The van der Waals surface area contributed by atoms with Crippen LogP contribution in [0.1, 0.15) is 26.3 Å². The van der Waals surface area contributed by atoms with Crippen molar-refractivity contribution in [1.82, 2.24) is 0 Å². The van der Waals surface area contributed by atoms with E-state index in [2.05, 4.69) is 5.32 Å². The molecule has 0 spiro atoms. The van der Waals surface area contributed by atoms with Crippen LogP contribution in [0.15, 0.2) is 72.8 Å². The zero-order chi connectivity index (χ0) is 18.5. The Morgan fingerprint density at radius 1 is 0.885 bits per heavy atom. The number of rotatable bonds is 4. The summed E-state index contributed by atoms with van der Waals surface area (Å²) in [5, 5.41) is 3.14. The Balaban J connectivity index is 1.65. The van der Waals surface area contributed by atoms with Crippen LogP contribution in [0.25, 0.3) is 0 Å². The molecule has 1 N–H and O–H groups in total. The molecule has 0 saturated carbocycles. The standard InChI is InChI=1S/C21H16ClNO3/c1-14-6-8-15(9-7-14)21(25)26-17-12-10-16(11-13-17)23-20(24)18-4-2-3-5-19(18)22/h2-13H,1H3,(H,23,24). The molecule has 0 radical (unpaired) electrons.